The second-order valence-electron chi connectivity index (χ2n) is 6.06. The molecule has 128 valence electrons. The molecule has 0 unspecified atom stereocenters. The van der Waals surface area contributed by atoms with Crippen LogP contribution in [-0.2, 0) is 7.05 Å². The van der Waals surface area contributed by atoms with Crippen LogP contribution in [0.3, 0.4) is 0 Å². The zero-order valence-corrected chi connectivity index (χ0v) is 14.6. The normalized spacial score (nSPS) is 17.2. The third-order valence-electron chi connectivity index (χ3n) is 4.53. The average Bonchev–Trinajstić information content (AvgIpc) is 3.19. The summed E-state index contributed by atoms with van der Waals surface area (Å²) in [6.45, 7) is 2.62. The number of amides is 1. The van der Waals surface area contributed by atoms with E-state index in [1.54, 1.807) is 25.9 Å². The quantitative estimate of drug-likeness (QED) is 0.865. The van der Waals surface area contributed by atoms with Gasteiger partial charge in [0.1, 0.15) is 17.2 Å². The first-order valence-electron chi connectivity index (χ1n) is 8.08. The van der Waals surface area contributed by atoms with Gasteiger partial charge in [0, 0.05) is 19.2 Å². The Bertz CT molecular complexity index is 754. The smallest absolute Gasteiger partial charge is 0.272 e. The van der Waals surface area contributed by atoms with E-state index in [0.717, 1.165) is 42.1 Å². The highest BCUT2D eigenvalue weighted by Gasteiger charge is 2.33. The van der Waals surface area contributed by atoms with Crippen molar-refractivity contribution in [2.24, 2.45) is 7.05 Å². The second-order valence-corrected chi connectivity index (χ2v) is 6.06. The molecule has 1 aliphatic heterocycles. The van der Waals surface area contributed by atoms with Crippen molar-refractivity contribution in [2.45, 2.75) is 25.8 Å². The summed E-state index contributed by atoms with van der Waals surface area (Å²) in [5.41, 5.74) is 2.44. The highest BCUT2D eigenvalue weighted by atomic mass is 16.5. The molecule has 1 fully saturated rings. The summed E-state index contributed by atoms with van der Waals surface area (Å²) >= 11 is 0. The number of hydrogen-bond donors (Lipinski definition) is 0. The lowest BCUT2D eigenvalue weighted by molar-refractivity contribution is 0.0722. The highest BCUT2D eigenvalue weighted by molar-refractivity contribution is 5.93. The third kappa shape index (κ3) is 2.84. The molecule has 1 atom stereocenters. The fourth-order valence-electron chi connectivity index (χ4n) is 3.39. The molecule has 2 aromatic rings. The Kier molecular flexibility index (Phi) is 4.46. The van der Waals surface area contributed by atoms with Gasteiger partial charge in [-0.05, 0) is 44.0 Å². The van der Waals surface area contributed by atoms with E-state index in [9.17, 15) is 4.79 Å². The zero-order chi connectivity index (χ0) is 17.3. The summed E-state index contributed by atoms with van der Waals surface area (Å²) in [7, 11) is 5.09. The van der Waals surface area contributed by atoms with Crippen molar-refractivity contribution < 1.29 is 14.3 Å². The summed E-state index contributed by atoms with van der Waals surface area (Å²) in [4.78, 5) is 14.9. The summed E-state index contributed by atoms with van der Waals surface area (Å²) in [6.07, 6.45) is 1.87. The zero-order valence-electron chi connectivity index (χ0n) is 14.6. The standard InChI is InChI=1S/C18H23N3O3/c1-12-10-16(20(2)19-12)18(22)21-9-5-6-15(21)14-11-13(23-3)7-8-17(14)24-4/h7-8,10-11,15H,5-6,9H2,1-4H3/t15-/m1/s1. The van der Waals surface area contributed by atoms with Gasteiger partial charge in [-0.2, -0.15) is 5.10 Å². The maximum atomic E-state index is 13.0. The maximum Gasteiger partial charge on any atom is 0.272 e. The van der Waals surface area contributed by atoms with Crippen LogP contribution in [0.1, 0.15) is 40.6 Å². The molecule has 0 spiro atoms. The minimum atomic E-state index is -0.0160. The van der Waals surface area contributed by atoms with Crippen LogP contribution < -0.4 is 9.47 Å². The van der Waals surface area contributed by atoms with Gasteiger partial charge in [0.25, 0.3) is 5.91 Å². The van der Waals surface area contributed by atoms with Crippen LogP contribution in [0.2, 0.25) is 0 Å². The SMILES string of the molecule is COc1ccc(OC)c([C@H]2CCCN2C(=O)c2cc(C)nn2C)c1. The van der Waals surface area contributed by atoms with Crippen LogP contribution in [0.25, 0.3) is 0 Å². The lowest BCUT2D eigenvalue weighted by atomic mass is 10.0. The van der Waals surface area contributed by atoms with Gasteiger partial charge in [-0.3, -0.25) is 9.48 Å². The molecule has 1 aromatic carbocycles. The third-order valence-corrected chi connectivity index (χ3v) is 4.53. The van der Waals surface area contributed by atoms with Gasteiger partial charge in [0.15, 0.2) is 0 Å². The molecular formula is C18H23N3O3. The fraction of sp³-hybridized carbons (Fsp3) is 0.444. The van der Waals surface area contributed by atoms with E-state index < -0.39 is 0 Å². The molecule has 1 amide bonds. The van der Waals surface area contributed by atoms with Crippen molar-refractivity contribution in [1.29, 1.82) is 0 Å². The van der Waals surface area contributed by atoms with Crippen LogP contribution >= 0.6 is 0 Å². The monoisotopic (exact) mass is 329 g/mol. The molecular weight excluding hydrogens is 306 g/mol. The lowest BCUT2D eigenvalue weighted by Crippen LogP contribution is -2.32. The van der Waals surface area contributed by atoms with Crippen molar-refractivity contribution in [3.63, 3.8) is 0 Å². The first-order chi connectivity index (χ1) is 11.5. The molecule has 1 saturated heterocycles. The molecule has 0 saturated carbocycles. The Morgan fingerprint density at radius 3 is 2.67 bits per heavy atom. The van der Waals surface area contributed by atoms with Crippen LogP contribution in [-0.4, -0.2) is 41.4 Å². The van der Waals surface area contributed by atoms with Crippen molar-refractivity contribution in [3.05, 3.63) is 41.2 Å². The Morgan fingerprint density at radius 1 is 1.25 bits per heavy atom. The van der Waals surface area contributed by atoms with E-state index in [0.29, 0.717) is 5.69 Å². The van der Waals surface area contributed by atoms with E-state index >= 15 is 0 Å². The number of aryl methyl sites for hydroxylation is 2. The molecule has 0 aliphatic carbocycles. The first-order valence-corrected chi connectivity index (χ1v) is 8.08. The topological polar surface area (TPSA) is 56.6 Å². The number of likely N-dealkylation sites (tertiary alicyclic amines) is 1. The molecule has 6 nitrogen and oxygen atoms in total. The molecule has 0 bridgehead atoms. The summed E-state index contributed by atoms with van der Waals surface area (Å²) in [5.74, 6) is 1.55. The van der Waals surface area contributed by atoms with E-state index in [1.165, 1.54) is 0 Å². The number of rotatable bonds is 4. The predicted molar refractivity (Wildman–Crippen MR) is 90.5 cm³/mol. The van der Waals surface area contributed by atoms with Gasteiger partial charge in [-0.25, -0.2) is 0 Å². The van der Waals surface area contributed by atoms with Gasteiger partial charge >= 0.3 is 0 Å². The number of nitrogens with zero attached hydrogens (tertiary/aromatic N) is 3. The minimum Gasteiger partial charge on any atom is -0.497 e. The number of hydrogen-bond acceptors (Lipinski definition) is 4. The fourth-order valence-corrected chi connectivity index (χ4v) is 3.39. The number of carbonyl (C=O) groups is 1. The Balaban J connectivity index is 1.96. The second kappa shape index (κ2) is 6.55. The number of methoxy groups -OCH3 is 2. The van der Waals surface area contributed by atoms with Crippen LogP contribution in [0.4, 0.5) is 0 Å². The van der Waals surface area contributed by atoms with Crippen LogP contribution in [0, 0.1) is 6.92 Å². The van der Waals surface area contributed by atoms with Gasteiger partial charge in [-0.1, -0.05) is 0 Å². The van der Waals surface area contributed by atoms with Crippen molar-refractivity contribution in [1.82, 2.24) is 14.7 Å². The van der Waals surface area contributed by atoms with Crippen molar-refractivity contribution >= 4 is 5.91 Å². The summed E-state index contributed by atoms with van der Waals surface area (Å²) in [5, 5.41) is 4.29. The maximum absolute atomic E-state index is 13.0. The minimum absolute atomic E-state index is 0.00507. The number of aromatic nitrogens is 2. The molecule has 2 heterocycles. The molecule has 1 aliphatic rings. The molecule has 24 heavy (non-hydrogen) atoms. The molecule has 3 rings (SSSR count). The highest BCUT2D eigenvalue weighted by Crippen LogP contribution is 2.39. The van der Waals surface area contributed by atoms with Crippen LogP contribution in [0.15, 0.2) is 24.3 Å². The first kappa shape index (κ1) is 16.4. The van der Waals surface area contributed by atoms with Crippen molar-refractivity contribution in [2.75, 3.05) is 20.8 Å². The summed E-state index contributed by atoms with van der Waals surface area (Å²) < 4.78 is 12.5. The van der Waals surface area contributed by atoms with E-state index in [2.05, 4.69) is 5.10 Å². The Hall–Kier alpha value is -2.50. The Morgan fingerprint density at radius 2 is 2.04 bits per heavy atom. The van der Waals surface area contributed by atoms with Gasteiger partial charge < -0.3 is 14.4 Å². The lowest BCUT2D eigenvalue weighted by Gasteiger charge is -2.26. The van der Waals surface area contributed by atoms with Gasteiger partial charge in [0.05, 0.1) is 26.0 Å². The van der Waals surface area contributed by atoms with E-state index in [4.69, 9.17) is 9.47 Å². The largest absolute Gasteiger partial charge is 0.497 e. The number of carbonyl (C=O) groups excluding carboxylic acids is 1. The summed E-state index contributed by atoms with van der Waals surface area (Å²) in [6, 6.07) is 7.54. The molecule has 1 aromatic heterocycles. The molecule has 0 N–H and O–H groups in total. The van der Waals surface area contributed by atoms with E-state index in [-0.39, 0.29) is 11.9 Å². The van der Waals surface area contributed by atoms with Gasteiger partial charge in [0.2, 0.25) is 0 Å². The van der Waals surface area contributed by atoms with Crippen LogP contribution in [0.5, 0.6) is 11.5 Å². The number of benzene rings is 1. The van der Waals surface area contributed by atoms with Crippen molar-refractivity contribution in [3.8, 4) is 11.5 Å². The molecule has 0 radical (unpaired) electrons. The van der Waals surface area contributed by atoms with Gasteiger partial charge in [-0.15, -0.1) is 0 Å². The predicted octanol–water partition coefficient (Wildman–Crippen LogP) is 2.72. The molecule has 6 heteroatoms. The number of ether oxygens (including phenoxy) is 2. The average molecular weight is 329 g/mol. The van der Waals surface area contributed by atoms with E-state index in [1.807, 2.05) is 36.1 Å². The Labute approximate surface area is 142 Å².